The van der Waals surface area contributed by atoms with Crippen molar-refractivity contribution in [3.8, 4) is 11.8 Å². The molecule has 0 spiro atoms. The Morgan fingerprint density at radius 2 is 1.57 bits per heavy atom. The summed E-state index contributed by atoms with van der Waals surface area (Å²) in [5, 5.41) is 2.92. The summed E-state index contributed by atoms with van der Waals surface area (Å²) in [4.78, 5) is 28.9. The molecule has 1 aliphatic heterocycles. The number of carbonyl (C=O) groups is 1. The number of piperazine rings is 1. The van der Waals surface area contributed by atoms with Crippen LogP contribution in [0.25, 0.3) is 0 Å². The van der Waals surface area contributed by atoms with E-state index < -0.39 is 0 Å². The Hall–Kier alpha value is -3.68. The molecule has 8 heteroatoms. The number of anilines is 2. The van der Waals surface area contributed by atoms with Crippen LogP contribution in [0.15, 0.2) is 67.1 Å². The van der Waals surface area contributed by atoms with E-state index >= 15 is 0 Å². The molecule has 28 heavy (non-hydrogen) atoms. The van der Waals surface area contributed by atoms with Gasteiger partial charge in [0.05, 0.1) is 0 Å². The third-order valence-corrected chi connectivity index (χ3v) is 4.40. The smallest absolute Gasteiger partial charge is 0.321 e. The summed E-state index contributed by atoms with van der Waals surface area (Å²) in [6.07, 6.45) is 5.01. The van der Waals surface area contributed by atoms with Crippen molar-refractivity contribution in [1.82, 2.24) is 19.9 Å². The maximum atomic E-state index is 12.5. The quantitative estimate of drug-likeness (QED) is 0.754. The van der Waals surface area contributed by atoms with Gasteiger partial charge in [-0.3, -0.25) is 0 Å². The first-order valence-electron chi connectivity index (χ1n) is 9.05. The zero-order valence-corrected chi connectivity index (χ0v) is 15.2. The molecule has 4 rings (SSSR count). The molecule has 1 fully saturated rings. The summed E-state index contributed by atoms with van der Waals surface area (Å²) in [6.45, 7) is 2.81. The highest BCUT2D eigenvalue weighted by atomic mass is 16.5. The van der Waals surface area contributed by atoms with E-state index in [0.29, 0.717) is 24.5 Å². The van der Waals surface area contributed by atoms with Crippen LogP contribution in [0, 0.1) is 0 Å². The Kier molecular flexibility index (Phi) is 5.28. The van der Waals surface area contributed by atoms with Gasteiger partial charge in [-0.1, -0.05) is 6.07 Å². The number of rotatable bonds is 4. The van der Waals surface area contributed by atoms with E-state index in [4.69, 9.17) is 4.74 Å². The Morgan fingerprint density at radius 1 is 0.857 bits per heavy atom. The number of amides is 2. The largest absolute Gasteiger partial charge is 0.424 e. The van der Waals surface area contributed by atoms with Crippen LogP contribution in [0.5, 0.6) is 11.8 Å². The van der Waals surface area contributed by atoms with Crippen molar-refractivity contribution in [2.24, 2.45) is 0 Å². The summed E-state index contributed by atoms with van der Waals surface area (Å²) >= 11 is 0. The number of hydrogen-bond donors (Lipinski definition) is 1. The SMILES string of the molecule is O=C(Nc1ccc(Oc2ncccn2)cc1)N1CCN(c2ccccn2)CC1. The van der Waals surface area contributed by atoms with E-state index in [1.54, 1.807) is 48.9 Å². The van der Waals surface area contributed by atoms with Crippen LogP contribution >= 0.6 is 0 Å². The molecule has 0 radical (unpaired) electrons. The normalized spacial score (nSPS) is 13.9. The molecule has 0 bridgehead atoms. The van der Waals surface area contributed by atoms with Gasteiger partial charge >= 0.3 is 12.0 Å². The second-order valence-electron chi connectivity index (χ2n) is 6.25. The van der Waals surface area contributed by atoms with Crippen molar-refractivity contribution in [2.75, 3.05) is 36.4 Å². The summed E-state index contributed by atoms with van der Waals surface area (Å²) < 4.78 is 5.55. The highest BCUT2D eigenvalue weighted by molar-refractivity contribution is 5.89. The third-order valence-electron chi connectivity index (χ3n) is 4.40. The minimum Gasteiger partial charge on any atom is -0.424 e. The fraction of sp³-hybridized carbons (Fsp3) is 0.200. The summed E-state index contributed by atoms with van der Waals surface area (Å²) in [7, 11) is 0. The predicted molar refractivity (Wildman–Crippen MR) is 106 cm³/mol. The molecule has 1 N–H and O–H groups in total. The van der Waals surface area contributed by atoms with E-state index in [9.17, 15) is 4.79 Å². The van der Waals surface area contributed by atoms with Crippen LogP contribution in [0.2, 0.25) is 0 Å². The van der Waals surface area contributed by atoms with Gasteiger partial charge in [0.25, 0.3) is 0 Å². The number of aromatic nitrogens is 3. The van der Waals surface area contributed by atoms with Crippen molar-refractivity contribution in [1.29, 1.82) is 0 Å². The van der Waals surface area contributed by atoms with Gasteiger partial charge in [-0.05, 0) is 42.5 Å². The first kappa shape index (κ1) is 17.7. The Morgan fingerprint density at radius 3 is 2.25 bits per heavy atom. The van der Waals surface area contributed by atoms with E-state index in [0.717, 1.165) is 18.9 Å². The zero-order chi connectivity index (χ0) is 19.2. The molecule has 2 amide bonds. The van der Waals surface area contributed by atoms with E-state index in [1.807, 2.05) is 23.1 Å². The molecular weight excluding hydrogens is 356 g/mol. The molecule has 0 aliphatic carbocycles. The molecular formula is C20H20N6O2. The lowest BCUT2D eigenvalue weighted by atomic mass is 10.3. The number of ether oxygens (including phenoxy) is 1. The summed E-state index contributed by atoms with van der Waals surface area (Å²) in [5.41, 5.74) is 0.707. The zero-order valence-electron chi connectivity index (χ0n) is 15.2. The van der Waals surface area contributed by atoms with Crippen LogP contribution in [0.4, 0.5) is 16.3 Å². The summed E-state index contributed by atoms with van der Waals surface area (Å²) in [5.74, 6) is 1.55. The van der Waals surface area contributed by atoms with Crippen molar-refractivity contribution in [2.45, 2.75) is 0 Å². The molecule has 3 heterocycles. The number of benzene rings is 1. The van der Waals surface area contributed by atoms with Crippen LogP contribution in [-0.4, -0.2) is 52.1 Å². The van der Waals surface area contributed by atoms with Gasteiger partial charge in [0.15, 0.2) is 0 Å². The second kappa shape index (κ2) is 8.34. The van der Waals surface area contributed by atoms with Gasteiger partial charge in [-0.2, -0.15) is 0 Å². The predicted octanol–water partition coefficient (Wildman–Crippen LogP) is 3.02. The van der Waals surface area contributed by atoms with E-state index in [-0.39, 0.29) is 12.0 Å². The number of urea groups is 1. The molecule has 1 aromatic carbocycles. The number of pyridine rings is 1. The minimum absolute atomic E-state index is 0.110. The fourth-order valence-electron chi connectivity index (χ4n) is 2.93. The van der Waals surface area contributed by atoms with Gasteiger partial charge in [0.2, 0.25) is 0 Å². The number of carbonyl (C=O) groups excluding carboxylic acids is 1. The Labute approximate surface area is 162 Å². The molecule has 3 aromatic rings. The van der Waals surface area contributed by atoms with Crippen molar-refractivity contribution >= 4 is 17.5 Å². The molecule has 1 aliphatic rings. The lowest BCUT2D eigenvalue weighted by molar-refractivity contribution is 0.208. The van der Waals surface area contributed by atoms with Gasteiger partial charge in [0, 0.05) is 50.5 Å². The standard InChI is InChI=1S/C20H20N6O2/c27-20(26-14-12-25(13-15-26)18-4-1-2-9-21-18)24-16-5-7-17(8-6-16)28-19-22-10-3-11-23-19/h1-11H,12-15H2,(H,24,27). The summed E-state index contributed by atoms with van der Waals surface area (Å²) in [6, 6.07) is 14.9. The average molecular weight is 376 g/mol. The van der Waals surface area contributed by atoms with Crippen LogP contribution < -0.4 is 15.0 Å². The molecule has 142 valence electrons. The van der Waals surface area contributed by atoms with Crippen molar-refractivity contribution < 1.29 is 9.53 Å². The van der Waals surface area contributed by atoms with Gasteiger partial charge in [-0.25, -0.2) is 19.7 Å². The molecule has 2 aromatic heterocycles. The van der Waals surface area contributed by atoms with Gasteiger partial charge in [0.1, 0.15) is 11.6 Å². The fourth-order valence-corrected chi connectivity index (χ4v) is 2.93. The first-order valence-corrected chi connectivity index (χ1v) is 9.05. The van der Waals surface area contributed by atoms with Crippen LogP contribution in [0.3, 0.4) is 0 Å². The van der Waals surface area contributed by atoms with Gasteiger partial charge < -0.3 is 19.9 Å². The molecule has 0 saturated carbocycles. The molecule has 0 atom stereocenters. The molecule has 1 saturated heterocycles. The monoisotopic (exact) mass is 376 g/mol. The molecule has 8 nitrogen and oxygen atoms in total. The maximum Gasteiger partial charge on any atom is 0.321 e. The lowest BCUT2D eigenvalue weighted by Crippen LogP contribution is -2.50. The highest BCUT2D eigenvalue weighted by Gasteiger charge is 2.21. The van der Waals surface area contributed by atoms with Crippen molar-refractivity contribution in [3.63, 3.8) is 0 Å². The second-order valence-corrected chi connectivity index (χ2v) is 6.25. The average Bonchev–Trinajstić information content (AvgIpc) is 2.76. The van der Waals surface area contributed by atoms with E-state index in [1.165, 1.54) is 0 Å². The van der Waals surface area contributed by atoms with E-state index in [2.05, 4.69) is 25.2 Å². The number of hydrogen-bond acceptors (Lipinski definition) is 6. The topological polar surface area (TPSA) is 83.5 Å². The lowest BCUT2D eigenvalue weighted by Gasteiger charge is -2.35. The third kappa shape index (κ3) is 4.35. The molecule has 0 unspecified atom stereocenters. The number of nitrogens with one attached hydrogen (secondary N) is 1. The van der Waals surface area contributed by atoms with Crippen LogP contribution in [0.1, 0.15) is 0 Å². The first-order chi connectivity index (χ1) is 13.8. The highest BCUT2D eigenvalue weighted by Crippen LogP contribution is 2.20. The Bertz CT molecular complexity index is 897. The van der Waals surface area contributed by atoms with Crippen LogP contribution in [-0.2, 0) is 0 Å². The maximum absolute atomic E-state index is 12.5. The van der Waals surface area contributed by atoms with Gasteiger partial charge in [-0.15, -0.1) is 0 Å². The minimum atomic E-state index is -0.110. The Balaban J connectivity index is 1.29. The van der Waals surface area contributed by atoms with Crippen molar-refractivity contribution in [3.05, 3.63) is 67.1 Å². The number of nitrogens with zero attached hydrogens (tertiary/aromatic N) is 5.